The summed E-state index contributed by atoms with van der Waals surface area (Å²) in [5.41, 5.74) is 2.18. The second kappa shape index (κ2) is 3.12. The Bertz CT molecular complexity index is 403. The maximum Gasteiger partial charge on any atom is 0.142 e. The van der Waals surface area contributed by atoms with Crippen LogP contribution in [-0.2, 0) is 12.8 Å². The number of benzene rings is 1. The average Bonchev–Trinajstić information content (AvgIpc) is 2.59. The molecule has 1 aliphatic rings. The first-order valence-corrected chi connectivity index (χ1v) is 4.93. The summed E-state index contributed by atoms with van der Waals surface area (Å²) >= 11 is 3.10. The number of hydrogen-bond donors (Lipinski definition) is 0. The van der Waals surface area contributed by atoms with Gasteiger partial charge in [-0.1, -0.05) is 0 Å². The van der Waals surface area contributed by atoms with E-state index in [9.17, 15) is 4.39 Å². The average molecular weight is 240 g/mol. The summed E-state index contributed by atoms with van der Waals surface area (Å²) in [6.45, 7) is 0. The molecule has 1 aromatic carbocycles. The third-order valence-electron chi connectivity index (χ3n) is 2.39. The summed E-state index contributed by atoms with van der Waals surface area (Å²) < 4.78 is 13.9. The first kappa shape index (κ1) is 8.71. The van der Waals surface area contributed by atoms with Gasteiger partial charge in [-0.3, -0.25) is 0 Å². The first-order chi connectivity index (χ1) is 6.24. The lowest BCUT2D eigenvalue weighted by Crippen LogP contribution is -1.93. The van der Waals surface area contributed by atoms with Crippen molar-refractivity contribution in [2.75, 3.05) is 0 Å². The van der Waals surface area contributed by atoms with Crippen LogP contribution in [-0.4, -0.2) is 0 Å². The third kappa shape index (κ3) is 1.26. The van der Waals surface area contributed by atoms with Crippen LogP contribution in [0.25, 0.3) is 0 Å². The lowest BCUT2D eigenvalue weighted by Gasteiger charge is -2.04. The summed E-state index contributed by atoms with van der Waals surface area (Å²) in [6, 6.07) is 3.77. The Kier molecular flexibility index (Phi) is 2.09. The normalized spacial score (nSPS) is 13.9. The van der Waals surface area contributed by atoms with Crippen LogP contribution in [0.3, 0.4) is 0 Å². The summed E-state index contributed by atoms with van der Waals surface area (Å²) in [5.74, 6) is -0.244. The van der Waals surface area contributed by atoms with Gasteiger partial charge in [-0.05, 0) is 52.4 Å². The number of halogens is 2. The highest BCUT2D eigenvalue weighted by Crippen LogP contribution is 2.31. The van der Waals surface area contributed by atoms with Crippen molar-refractivity contribution in [1.29, 1.82) is 5.26 Å². The van der Waals surface area contributed by atoms with E-state index in [0.717, 1.165) is 30.4 Å². The molecule has 3 heteroatoms. The minimum Gasteiger partial charge on any atom is -0.205 e. The fraction of sp³-hybridized carbons (Fsp3) is 0.300. The second-order valence-electron chi connectivity index (χ2n) is 3.16. The minimum atomic E-state index is -0.244. The van der Waals surface area contributed by atoms with Gasteiger partial charge in [0.25, 0.3) is 0 Å². The summed E-state index contributed by atoms with van der Waals surface area (Å²) in [5, 5.41) is 8.73. The predicted octanol–water partition coefficient (Wildman–Crippen LogP) is 2.95. The SMILES string of the molecule is N#Cc1cc2c(c(F)c1Br)CCC2. The van der Waals surface area contributed by atoms with E-state index in [1.165, 1.54) is 0 Å². The molecule has 0 bridgehead atoms. The Labute approximate surface area is 84.3 Å². The van der Waals surface area contributed by atoms with Crippen LogP contribution >= 0.6 is 15.9 Å². The van der Waals surface area contributed by atoms with Crippen LogP contribution in [0, 0.1) is 17.1 Å². The largest absolute Gasteiger partial charge is 0.205 e. The number of hydrogen-bond acceptors (Lipinski definition) is 1. The van der Waals surface area contributed by atoms with Crippen molar-refractivity contribution >= 4 is 15.9 Å². The van der Waals surface area contributed by atoms with E-state index in [2.05, 4.69) is 15.9 Å². The zero-order chi connectivity index (χ0) is 9.42. The fourth-order valence-electron chi connectivity index (χ4n) is 1.75. The molecule has 0 aliphatic heterocycles. The van der Waals surface area contributed by atoms with Crippen molar-refractivity contribution < 1.29 is 4.39 Å². The van der Waals surface area contributed by atoms with Crippen molar-refractivity contribution in [2.45, 2.75) is 19.3 Å². The molecular weight excluding hydrogens is 233 g/mol. The molecule has 0 radical (unpaired) electrons. The standard InChI is InChI=1S/C10H7BrFN/c11-9-7(5-13)4-6-2-1-3-8(6)10(9)12/h4H,1-3H2. The van der Waals surface area contributed by atoms with Crippen LogP contribution in [0.15, 0.2) is 10.5 Å². The van der Waals surface area contributed by atoms with E-state index in [-0.39, 0.29) is 5.82 Å². The van der Waals surface area contributed by atoms with Crippen LogP contribution in [0.4, 0.5) is 4.39 Å². The summed E-state index contributed by atoms with van der Waals surface area (Å²) in [7, 11) is 0. The molecule has 0 spiro atoms. The zero-order valence-electron chi connectivity index (χ0n) is 6.90. The van der Waals surface area contributed by atoms with Crippen molar-refractivity contribution in [3.8, 4) is 6.07 Å². The van der Waals surface area contributed by atoms with E-state index in [1.807, 2.05) is 6.07 Å². The van der Waals surface area contributed by atoms with Crippen LogP contribution in [0.2, 0.25) is 0 Å². The Hall–Kier alpha value is -0.880. The molecule has 0 unspecified atom stereocenters. The van der Waals surface area contributed by atoms with Gasteiger partial charge >= 0.3 is 0 Å². The monoisotopic (exact) mass is 239 g/mol. The van der Waals surface area contributed by atoms with Gasteiger partial charge in [0.2, 0.25) is 0 Å². The van der Waals surface area contributed by atoms with Gasteiger partial charge in [0.1, 0.15) is 11.9 Å². The van der Waals surface area contributed by atoms with E-state index < -0.39 is 0 Å². The number of fused-ring (bicyclic) bond motifs is 1. The maximum absolute atomic E-state index is 13.6. The summed E-state index contributed by atoms with van der Waals surface area (Å²) in [4.78, 5) is 0. The van der Waals surface area contributed by atoms with Crippen molar-refractivity contribution in [3.05, 3.63) is 33.0 Å². The molecule has 1 aliphatic carbocycles. The highest BCUT2D eigenvalue weighted by molar-refractivity contribution is 9.10. The maximum atomic E-state index is 13.6. The Balaban J connectivity index is 2.70. The summed E-state index contributed by atoms with van der Waals surface area (Å²) in [6.07, 6.45) is 2.69. The lowest BCUT2D eigenvalue weighted by atomic mass is 10.1. The van der Waals surface area contributed by atoms with Crippen LogP contribution in [0.1, 0.15) is 23.1 Å². The molecule has 0 heterocycles. The molecule has 0 N–H and O–H groups in total. The van der Waals surface area contributed by atoms with Crippen molar-refractivity contribution in [3.63, 3.8) is 0 Å². The molecule has 0 aromatic heterocycles. The van der Waals surface area contributed by atoms with E-state index in [0.29, 0.717) is 10.0 Å². The Morgan fingerprint density at radius 2 is 2.23 bits per heavy atom. The Morgan fingerprint density at radius 1 is 1.46 bits per heavy atom. The molecule has 13 heavy (non-hydrogen) atoms. The molecule has 0 saturated carbocycles. The van der Waals surface area contributed by atoms with Gasteiger partial charge in [0, 0.05) is 0 Å². The van der Waals surface area contributed by atoms with Gasteiger partial charge in [-0.2, -0.15) is 5.26 Å². The second-order valence-corrected chi connectivity index (χ2v) is 3.95. The van der Waals surface area contributed by atoms with Gasteiger partial charge in [0.05, 0.1) is 10.0 Å². The number of rotatable bonds is 0. The van der Waals surface area contributed by atoms with Gasteiger partial charge in [-0.15, -0.1) is 0 Å². The highest BCUT2D eigenvalue weighted by atomic mass is 79.9. The van der Waals surface area contributed by atoms with Crippen molar-refractivity contribution in [2.24, 2.45) is 0 Å². The topological polar surface area (TPSA) is 23.8 Å². The number of aryl methyl sites for hydroxylation is 1. The molecule has 2 rings (SSSR count). The molecule has 66 valence electrons. The van der Waals surface area contributed by atoms with Gasteiger partial charge in [0.15, 0.2) is 0 Å². The van der Waals surface area contributed by atoms with Crippen LogP contribution in [0.5, 0.6) is 0 Å². The van der Waals surface area contributed by atoms with Gasteiger partial charge in [-0.25, -0.2) is 4.39 Å². The molecule has 0 saturated heterocycles. The number of nitrogens with zero attached hydrogens (tertiary/aromatic N) is 1. The Morgan fingerprint density at radius 3 is 2.92 bits per heavy atom. The van der Waals surface area contributed by atoms with E-state index >= 15 is 0 Å². The quantitative estimate of drug-likeness (QED) is 0.683. The molecule has 1 aromatic rings. The zero-order valence-corrected chi connectivity index (χ0v) is 8.49. The smallest absolute Gasteiger partial charge is 0.142 e. The number of nitriles is 1. The molecular formula is C10H7BrFN. The molecule has 0 atom stereocenters. The minimum absolute atomic E-state index is 0.244. The van der Waals surface area contributed by atoms with E-state index in [4.69, 9.17) is 5.26 Å². The first-order valence-electron chi connectivity index (χ1n) is 4.14. The highest BCUT2D eigenvalue weighted by Gasteiger charge is 2.19. The van der Waals surface area contributed by atoms with Crippen molar-refractivity contribution in [1.82, 2.24) is 0 Å². The molecule has 0 fully saturated rings. The fourth-order valence-corrected chi connectivity index (χ4v) is 2.19. The molecule has 0 amide bonds. The third-order valence-corrected chi connectivity index (χ3v) is 3.17. The predicted molar refractivity (Wildman–Crippen MR) is 50.8 cm³/mol. The van der Waals surface area contributed by atoms with E-state index in [1.54, 1.807) is 6.07 Å². The van der Waals surface area contributed by atoms with Gasteiger partial charge < -0.3 is 0 Å². The van der Waals surface area contributed by atoms with Crippen LogP contribution < -0.4 is 0 Å². The lowest BCUT2D eigenvalue weighted by molar-refractivity contribution is 0.605. The molecule has 1 nitrogen and oxygen atoms in total.